The maximum absolute atomic E-state index is 12.9. The summed E-state index contributed by atoms with van der Waals surface area (Å²) in [4.78, 5) is 0. The summed E-state index contributed by atoms with van der Waals surface area (Å²) in [5, 5.41) is 17.6. The molecular weight excluding hydrogens is 158 g/mol. The van der Waals surface area contributed by atoms with E-state index in [9.17, 15) is 4.39 Å². The van der Waals surface area contributed by atoms with E-state index in [1.807, 2.05) is 0 Å². The Balaban J connectivity index is 3.25. The third-order valence-corrected chi connectivity index (χ3v) is 1.87. The molecule has 0 unspecified atom stereocenters. The van der Waals surface area contributed by atoms with Crippen molar-refractivity contribution < 1.29 is 14.5 Å². The molecule has 4 heteroatoms. The Morgan fingerprint density at radius 1 is 1.50 bits per heavy atom. The van der Waals surface area contributed by atoms with Gasteiger partial charge in [0.1, 0.15) is 5.82 Å². The van der Waals surface area contributed by atoms with Gasteiger partial charge in [0.2, 0.25) is 0 Å². The molecule has 0 amide bonds. The molecule has 0 saturated carbocycles. The van der Waals surface area contributed by atoms with Crippen molar-refractivity contribution in [2.45, 2.75) is 13.5 Å². The number of aliphatic hydroxyl groups excluding tert-OH is 1. The van der Waals surface area contributed by atoms with E-state index in [2.05, 4.69) is 0 Å². The summed E-state index contributed by atoms with van der Waals surface area (Å²) < 4.78 is 12.9. The van der Waals surface area contributed by atoms with Gasteiger partial charge in [-0.3, -0.25) is 0 Å². The zero-order valence-electron chi connectivity index (χ0n) is 6.71. The number of rotatable bonds is 2. The minimum atomic E-state index is -0.371. The molecular formula is C8H9BFO2. The standard InChI is InChI=1S/C8H9BFO2/c1-5-6(4-11)7(9-12)2-3-8(5)10/h2-3,11-12H,4H2,1H3. The molecule has 0 heterocycles. The lowest BCUT2D eigenvalue weighted by atomic mass is 9.82. The van der Waals surface area contributed by atoms with E-state index in [-0.39, 0.29) is 12.4 Å². The van der Waals surface area contributed by atoms with Gasteiger partial charge in [0, 0.05) is 0 Å². The van der Waals surface area contributed by atoms with Crippen LogP contribution in [-0.2, 0) is 6.61 Å². The van der Waals surface area contributed by atoms with E-state index < -0.39 is 0 Å². The van der Waals surface area contributed by atoms with Crippen molar-refractivity contribution in [3.8, 4) is 0 Å². The van der Waals surface area contributed by atoms with Crippen LogP contribution in [0.5, 0.6) is 0 Å². The van der Waals surface area contributed by atoms with Gasteiger partial charge >= 0.3 is 7.48 Å². The van der Waals surface area contributed by atoms with Crippen molar-refractivity contribution in [2.24, 2.45) is 0 Å². The summed E-state index contributed by atoms with van der Waals surface area (Å²) in [5.41, 5.74) is 1.26. The van der Waals surface area contributed by atoms with Crippen molar-refractivity contribution in [3.63, 3.8) is 0 Å². The lowest BCUT2D eigenvalue weighted by molar-refractivity contribution is 0.281. The average Bonchev–Trinajstić information content (AvgIpc) is 2.09. The molecule has 0 aliphatic heterocycles. The molecule has 0 aliphatic carbocycles. The van der Waals surface area contributed by atoms with Crippen LogP contribution in [0.2, 0.25) is 0 Å². The molecule has 12 heavy (non-hydrogen) atoms. The minimum absolute atomic E-state index is 0.268. The molecule has 0 aliphatic rings. The minimum Gasteiger partial charge on any atom is -0.450 e. The Morgan fingerprint density at radius 3 is 2.67 bits per heavy atom. The highest BCUT2D eigenvalue weighted by atomic mass is 19.1. The van der Waals surface area contributed by atoms with Gasteiger partial charge in [0.05, 0.1) is 6.61 Å². The van der Waals surface area contributed by atoms with Crippen molar-refractivity contribution in [3.05, 3.63) is 29.1 Å². The van der Waals surface area contributed by atoms with Gasteiger partial charge < -0.3 is 10.1 Å². The predicted molar refractivity (Wildman–Crippen MR) is 44.7 cm³/mol. The summed E-state index contributed by atoms with van der Waals surface area (Å²) in [6, 6.07) is 2.68. The molecule has 1 rings (SSSR count). The van der Waals surface area contributed by atoms with Crippen LogP contribution in [0.25, 0.3) is 0 Å². The first-order chi connectivity index (χ1) is 5.70. The van der Waals surface area contributed by atoms with E-state index in [4.69, 9.17) is 10.1 Å². The van der Waals surface area contributed by atoms with Crippen LogP contribution >= 0.6 is 0 Å². The van der Waals surface area contributed by atoms with Crippen molar-refractivity contribution in [2.75, 3.05) is 0 Å². The first-order valence-corrected chi connectivity index (χ1v) is 3.57. The van der Waals surface area contributed by atoms with Crippen molar-refractivity contribution in [1.29, 1.82) is 0 Å². The number of hydrogen-bond donors (Lipinski definition) is 2. The van der Waals surface area contributed by atoms with Gasteiger partial charge in [-0.1, -0.05) is 6.07 Å². The van der Waals surface area contributed by atoms with Crippen LogP contribution in [0.3, 0.4) is 0 Å². The molecule has 1 aromatic rings. The summed E-state index contributed by atoms with van der Waals surface area (Å²) in [6.45, 7) is 1.30. The van der Waals surface area contributed by atoms with Crippen LogP contribution in [0.4, 0.5) is 4.39 Å². The quantitative estimate of drug-likeness (QED) is 0.602. The Morgan fingerprint density at radius 2 is 2.17 bits per heavy atom. The van der Waals surface area contributed by atoms with Gasteiger partial charge in [0.25, 0.3) is 0 Å². The van der Waals surface area contributed by atoms with E-state index in [0.717, 1.165) is 7.48 Å². The maximum Gasteiger partial charge on any atom is 0.327 e. The molecule has 0 spiro atoms. The van der Waals surface area contributed by atoms with Crippen LogP contribution in [0.15, 0.2) is 12.1 Å². The zero-order valence-corrected chi connectivity index (χ0v) is 6.71. The summed E-state index contributed by atoms with van der Waals surface area (Å²) in [7, 11) is 0.859. The molecule has 0 aromatic heterocycles. The highest BCUT2D eigenvalue weighted by Crippen LogP contribution is 2.09. The van der Waals surface area contributed by atoms with E-state index in [1.165, 1.54) is 12.1 Å². The SMILES string of the molecule is Cc1c(F)ccc([B]O)c1CO. The maximum atomic E-state index is 12.9. The van der Waals surface area contributed by atoms with Crippen molar-refractivity contribution >= 4 is 12.9 Å². The van der Waals surface area contributed by atoms with Crippen molar-refractivity contribution in [1.82, 2.24) is 0 Å². The fourth-order valence-corrected chi connectivity index (χ4v) is 1.08. The molecule has 1 radical (unpaired) electrons. The predicted octanol–water partition coefficient (Wildman–Crippen LogP) is -0.137. The number of halogens is 1. The fourth-order valence-electron chi connectivity index (χ4n) is 1.08. The second-order valence-corrected chi connectivity index (χ2v) is 2.53. The monoisotopic (exact) mass is 167 g/mol. The Labute approximate surface area is 70.9 Å². The molecule has 0 saturated heterocycles. The lowest BCUT2D eigenvalue weighted by Crippen LogP contribution is -2.21. The molecule has 0 fully saturated rings. The molecule has 2 nitrogen and oxygen atoms in total. The number of aliphatic hydroxyl groups is 1. The first kappa shape index (κ1) is 9.22. The number of benzene rings is 1. The van der Waals surface area contributed by atoms with Gasteiger partial charge in [-0.2, -0.15) is 0 Å². The zero-order chi connectivity index (χ0) is 9.14. The van der Waals surface area contributed by atoms with Gasteiger partial charge in [-0.25, -0.2) is 4.39 Å². The Bertz CT molecular complexity index is 289. The largest absolute Gasteiger partial charge is 0.450 e. The van der Waals surface area contributed by atoms with Crippen LogP contribution in [0, 0.1) is 12.7 Å². The van der Waals surface area contributed by atoms with Gasteiger partial charge in [-0.05, 0) is 29.6 Å². The van der Waals surface area contributed by atoms with Crippen LogP contribution in [0.1, 0.15) is 11.1 Å². The Kier molecular flexibility index (Phi) is 2.84. The topological polar surface area (TPSA) is 40.5 Å². The second-order valence-electron chi connectivity index (χ2n) is 2.53. The summed E-state index contributed by atoms with van der Waals surface area (Å²) >= 11 is 0. The third kappa shape index (κ3) is 1.49. The molecule has 63 valence electrons. The van der Waals surface area contributed by atoms with Crippen LogP contribution in [-0.4, -0.2) is 17.6 Å². The molecule has 2 N–H and O–H groups in total. The van der Waals surface area contributed by atoms with Gasteiger partial charge in [0.15, 0.2) is 0 Å². The lowest BCUT2D eigenvalue weighted by Gasteiger charge is -2.07. The smallest absolute Gasteiger partial charge is 0.327 e. The Hall–Kier alpha value is -0.865. The average molecular weight is 167 g/mol. The molecule has 0 atom stereocenters. The van der Waals surface area contributed by atoms with E-state index in [1.54, 1.807) is 6.92 Å². The third-order valence-electron chi connectivity index (χ3n) is 1.87. The van der Waals surface area contributed by atoms with Gasteiger partial charge in [-0.15, -0.1) is 0 Å². The molecule has 1 aromatic carbocycles. The molecule has 0 bridgehead atoms. The second kappa shape index (κ2) is 3.69. The normalized spacial score (nSPS) is 10.0. The van der Waals surface area contributed by atoms with Crippen LogP contribution < -0.4 is 5.46 Å². The highest BCUT2D eigenvalue weighted by Gasteiger charge is 2.08. The van der Waals surface area contributed by atoms with E-state index in [0.29, 0.717) is 16.6 Å². The highest BCUT2D eigenvalue weighted by molar-refractivity contribution is 6.46. The number of hydrogen-bond acceptors (Lipinski definition) is 2. The first-order valence-electron chi connectivity index (χ1n) is 3.57. The summed E-state index contributed by atoms with van der Waals surface area (Å²) in [5.74, 6) is -0.371. The van der Waals surface area contributed by atoms with E-state index >= 15 is 0 Å². The summed E-state index contributed by atoms with van der Waals surface area (Å²) in [6.07, 6.45) is 0. The fraction of sp³-hybridized carbons (Fsp3) is 0.250.